The summed E-state index contributed by atoms with van der Waals surface area (Å²) in [5, 5.41) is 9.39. The van der Waals surface area contributed by atoms with Crippen LogP contribution in [0.15, 0.2) is 36.4 Å². The summed E-state index contributed by atoms with van der Waals surface area (Å²) in [6.07, 6.45) is 0. The van der Waals surface area contributed by atoms with Gasteiger partial charge in [0.15, 0.2) is 0 Å². The monoisotopic (exact) mass is 244 g/mol. The highest BCUT2D eigenvalue weighted by Crippen LogP contribution is 2.26. The molecule has 1 aromatic heterocycles. The van der Waals surface area contributed by atoms with E-state index in [1.54, 1.807) is 30.3 Å². The molecule has 2 aromatic rings. The Bertz CT molecular complexity index is 590. The highest BCUT2D eigenvalue weighted by molar-refractivity contribution is 6.30. The number of aromatic nitrogens is 1. The van der Waals surface area contributed by atoms with Gasteiger partial charge in [0.05, 0.1) is 0 Å². The van der Waals surface area contributed by atoms with Crippen molar-refractivity contribution in [3.05, 3.63) is 52.7 Å². The van der Waals surface area contributed by atoms with Crippen LogP contribution in [0.5, 0.6) is 11.6 Å². The lowest BCUT2D eigenvalue weighted by atomic mass is 10.2. The Hall–Kier alpha value is -2.05. The zero-order chi connectivity index (χ0) is 12.3. The van der Waals surface area contributed by atoms with Gasteiger partial charge in [0.25, 0.3) is 0 Å². The maximum atomic E-state index is 8.73. The number of nitriles is 1. The van der Waals surface area contributed by atoms with E-state index in [4.69, 9.17) is 21.6 Å². The van der Waals surface area contributed by atoms with Gasteiger partial charge < -0.3 is 4.74 Å². The van der Waals surface area contributed by atoms with Gasteiger partial charge in [-0.2, -0.15) is 5.26 Å². The Kier molecular flexibility index (Phi) is 3.27. The summed E-state index contributed by atoms with van der Waals surface area (Å²) in [5.41, 5.74) is 1.25. The molecule has 0 fully saturated rings. The Morgan fingerprint density at radius 3 is 2.82 bits per heavy atom. The average Bonchev–Trinajstić information content (AvgIpc) is 2.33. The van der Waals surface area contributed by atoms with E-state index < -0.39 is 0 Å². The second-order valence-electron chi connectivity index (χ2n) is 3.48. The molecule has 0 radical (unpaired) electrons. The summed E-state index contributed by atoms with van der Waals surface area (Å²) in [5.74, 6) is 1.08. The van der Waals surface area contributed by atoms with Crippen molar-refractivity contribution in [2.45, 2.75) is 6.92 Å². The van der Waals surface area contributed by atoms with Crippen molar-refractivity contribution in [2.24, 2.45) is 0 Å². The minimum Gasteiger partial charge on any atom is -0.439 e. The molecule has 0 aliphatic heterocycles. The van der Waals surface area contributed by atoms with Crippen molar-refractivity contribution in [1.29, 1.82) is 5.26 Å². The Morgan fingerprint density at radius 2 is 2.12 bits per heavy atom. The number of pyridine rings is 1. The van der Waals surface area contributed by atoms with E-state index in [0.29, 0.717) is 22.3 Å². The molecular weight excluding hydrogens is 236 g/mol. The van der Waals surface area contributed by atoms with Crippen LogP contribution in [-0.2, 0) is 0 Å². The SMILES string of the molecule is Cc1cc(Cl)ccc1Oc1cccc(C#N)n1. The summed E-state index contributed by atoms with van der Waals surface area (Å²) in [6.45, 7) is 1.90. The Labute approximate surface area is 104 Å². The maximum absolute atomic E-state index is 8.73. The fourth-order valence-corrected chi connectivity index (χ4v) is 1.60. The molecule has 0 aliphatic carbocycles. The fourth-order valence-electron chi connectivity index (χ4n) is 1.37. The molecule has 2 rings (SSSR count). The molecule has 84 valence electrons. The molecule has 1 aromatic carbocycles. The summed E-state index contributed by atoms with van der Waals surface area (Å²) >= 11 is 5.85. The largest absolute Gasteiger partial charge is 0.439 e. The van der Waals surface area contributed by atoms with E-state index in [0.717, 1.165) is 5.56 Å². The topological polar surface area (TPSA) is 45.9 Å². The van der Waals surface area contributed by atoms with Crippen LogP contribution in [0.1, 0.15) is 11.3 Å². The van der Waals surface area contributed by atoms with Crippen LogP contribution >= 0.6 is 11.6 Å². The fraction of sp³-hybridized carbons (Fsp3) is 0.0769. The van der Waals surface area contributed by atoms with Gasteiger partial charge in [-0.25, -0.2) is 4.98 Å². The molecule has 0 saturated heterocycles. The van der Waals surface area contributed by atoms with Crippen LogP contribution in [0.25, 0.3) is 0 Å². The number of ether oxygens (including phenoxy) is 1. The van der Waals surface area contributed by atoms with Gasteiger partial charge in [0, 0.05) is 11.1 Å². The van der Waals surface area contributed by atoms with Crippen molar-refractivity contribution in [2.75, 3.05) is 0 Å². The van der Waals surface area contributed by atoms with Gasteiger partial charge in [-0.15, -0.1) is 0 Å². The van der Waals surface area contributed by atoms with E-state index in [2.05, 4.69) is 4.98 Å². The van der Waals surface area contributed by atoms with Gasteiger partial charge in [0.2, 0.25) is 5.88 Å². The molecule has 0 atom stereocenters. The lowest BCUT2D eigenvalue weighted by molar-refractivity contribution is 0.459. The zero-order valence-corrected chi connectivity index (χ0v) is 9.90. The third-order valence-electron chi connectivity index (χ3n) is 2.19. The van der Waals surface area contributed by atoms with Crippen LogP contribution in [0.3, 0.4) is 0 Å². The number of hydrogen-bond acceptors (Lipinski definition) is 3. The third-order valence-corrected chi connectivity index (χ3v) is 2.42. The highest BCUT2D eigenvalue weighted by Gasteiger charge is 2.03. The number of nitrogens with zero attached hydrogens (tertiary/aromatic N) is 2. The van der Waals surface area contributed by atoms with E-state index in [1.807, 2.05) is 19.1 Å². The Balaban J connectivity index is 2.28. The number of halogens is 1. The number of benzene rings is 1. The first-order valence-corrected chi connectivity index (χ1v) is 5.38. The highest BCUT2D eigenvalue weighted by atomic mass is 35.5. The minimum absolute atomic E-state index is 0.328. The molecule has 0 aliphatic rings. The van der Waals surface area contributed by atoms with E-state index >= 15 is 0 Å². The summed E-state index contributed by atoms with van der Waals surface area (Å²) in [4.78, 5) is 4.03. The first-order chi connectivity index (χ1) is 8.19. The third kappa shape index (κ3) is 2.74. The molecule has 0 saturated carbocycles. The molecular formula is C13H9ClN2O. The van der Waals surface area contributed by atoms with E-state index in [1.165, 1.54) is 0 Å². The van der Waals surface area contributed by atoms with Gasteiger partial charge >= 0.3 is 0 Å². The van der Waals surface area contributed by atoms with Gasteiger partial charge in [-0.05, 0) is 36.8 Å². The van der Waals surface area contributed by atoms with Crippen molar-refractivity contribution >= 4 is 11.6 Å². The molecule has 0 spiro atoms. The zero-order valence-electron chi connectivity index (χ0n) is 9.14. The molecule has 4 heteroatoms. The van der Waals surface area contributed by atoms with E-state index in [-0.39, 0.29) is 0 Å². The predicted molar refractivity (Wildman–Crippen MR) is 65.2 cm³/mol. The van der Waals surface area contributed by atoms with Crippen molar-refractivity contribution in [1.82, 2.24) is 4.98 Å². The van der Waals surface area contributed by atoms with Crippen LogP contribution in [-0.4, -0.2) is 4.98 Å². The summed E-state index contributed by atoms with van der Waals surface area (Å²) < 4.78 is 5.59. The lowest BCUT2D eigenvalue weighted by Crippen LogP contribution is -1.91. The normalized spacial score (nSPS) is 9.71. The first-order valence-electron chi connectivity index (χ1n) is 5.00. The number of hydrogen-bond donors (Lipinski definition) is 0. The number of aryl methyl sites for hydroxylation is 1. The smallest absolute Gasteiger partial charge is 0.220 e. The van der Waals surface area contributed by atoms with Crippen LogP contribution in [0, 0.1) is 18.3 Å². The second kappa shape index (κ2) is 4.86. The quantitative estimate of drug-likeness (QED) is 0.809. The molecule has 0 unspecified atom stereocenters. The molecule has 0 bridgehead atoms. The molecule has 17 heavy (non-hydrogen) atoms. The minimum atomic E-state index is 0.328. The molecule has 0 N–H and O–H groups in total. The van der Waals surface area contributed by atoms with Crippen molar-refractivity contribution in [3.8, 4) is 17.7 Å². The van der Waals surface area contributed by atoms with Crippen molar-refractivity contribution in [3.63, 3.8) is 0 Å². The first kappa shape index (κ1) is 11.4. The average molecular weight is 245 g/mol. The van der Waals surface area contributed by atoms with Crippen LogP contribution in [0.2, 0.25) is 5.02 Å². The van der Waals surface area contributed by atoms with E-state index in [9.17, 15) is 0 Å². The van der Waals surface area contributed by atoms with Crippen molar-refractivity contribution < 1.29 is 4.74 Å². The van der Waals surface area contributed by atoms with Gasteiger partial charge in [-0.3, -0.25) is 0 Å². The Morgan fingerprint density at radius 1 is 1.29 bits per heavy atom. The molecule has 1 heterocycles. The standard InChI is InChI=1S/C13H9ClN2O/c1-9-7-10(14)5-6-12(9)17-13-4-2-3-11(8-15)16-13/h2-7H,1H3. The predicted octanol–water partition coefficient (Wildman–Crippen LogP) is 3.71. The molecule has 3 nitrogen and oxygen atoms in total. The van der Waals surface area contributed by atoms with Crippen LogP contribution < -0.4 is 4.74 Å². The molecule has 0 amide bonds. The second-order valence-corrected chi connectivity index (χ2v) is 3.92. The lowest BCUT2D eigenvalue weighted by Gasteiger charge is -2.07. The van der Waals surface area contributed by atoms with Gasteiger partial charge in [-0.1, -0.05) is 17.7 Å². The maximum Gasteiger partial charge on any atom is 0.220 e. The van der Waals surface area contributed by atoms with Crippen LogP contribution in [0.4, 0.5) is 0 Å². The van der Waals surface area contributed by atoms with Gasteiger partial charge in [0.1, 0.15) is 17.5 Å². The number of rotatable bonds is 2. The summed E-state index contributed by atoms with van der Waals surface area (Å²) in [7, 11) is 0. The summed E-state index contributed by atoms with van der Waals surface area (Å²) in [6, 6.07) is 12.4.